The lowest BCUT2D eigenvalue weighted by Gasteiger charge is -2.37. The molecule has 1 aliphatic rings. The van der Waals surface area contributed by atoms with Crippen molar-refractivity contribution in [2.24, 2.45) is 0 Å². The van der Waals surface area contributed by atoms with E-state index in [-0.39, 0.29) is 13.0 Å². The van der Waals surface area contributed by atoms with Crippen molar-refractivity contribution in [1.82, 2.24) is 4.90 Å². The zero-order chi connectivity index (χ0) is 35.5. The third kappa shape index (κ3) is 10.4. The Morgan fingerprint density at radius 1 is 0.959 bits per heavy atom. The highest BCUT2D eigenvalue weighted by Crippen LogP contribution is 2.37. The first-order valence-electron chi connectivity index (χ1n) is 15.5. The number of carbonyl (C=O) groups excluding carboxylic acids is 3. The zero-order valence-electron chi connectivity index (χ0n) is 27.3. The molecule has 1 aliphatic heterocycles. The van der Waals surface area contributed by atoms with E-state index >= 15 is 0 Å². The maximum atomic E-state index is 13.1. The number of aliphatic hydroxyl groups excluding tert-OH is 4. The number of nitrogens with zero attached hydrogens (tertiary/aromatic N) is 1. The molecule has 264 valence electrons. The van der Waals surface area contributed by atoms with Gasteiger partial charge in [0.25, 0.3) is 0 Å². The van der Waals surface area contributed by atoms with E-state index in [9.17, 15) is 34.8 Å². The molecule has 1 fully saturated rings. The number of allylic oxidation sites excluding steroid dienone is 1. The van der Waals surface area contributed by atoms with E-state index < -0.39 is 61.7 Å². The van der Waals surface area contributed by atoms with E-state index in [0.717, 1.165) is 32.5 Å². The number of benzene rings is 3. The second-order valence-corrected chi connectivity index (χ2v) is 13.8. The van der Waals surface area contributed by atoms with E-state index in [1.165, 1.54) is 21.6 Å². The van der Waals surface area contributed by atoms with Crippen molar-refractivity contribution in [3.8, 4) is 5.75 Å². The van der Waals surface area contributed by atoms with Gasteiger partial charge in [-0.15, -0.1) is 0 Å². The number of ether oxygens (including phenoxy) is 4. The van der Waals surface area contributed by atoms with E-state index in [2.05, 4.69) is 0 Å². The number of rotatable bonds is 16. The lowest BCUT2D eigenvalue weighted by molar-refractivity contribution is -0.287. The van der Waals surface area contributed by atoms with Crippen LogP contribution in [0.2, 0.25) is 0 Å². The highest BCUT2D eigenvalue weighted by Gasteiger charge is 2.43. The molecule has 1 heterocycles. The molecule has 4 N–H and O–H groups in total. The van der Waals surface area contributed by atoms with E-state index in [4.69, 9.17) is 18.9 Å². The van der Waals surface area contributed by atoms with E-state index in [1.807, 2.05) is 66.7 Å². The number of amides is 1. The van der Waals surface area contributed by atoms with E-state index in [0.29, 0.717) is 22.8 Å². The first kappa shape index (κ1) is 38.2. The zero-order valence-corrected chi connectivity index (χ0v) is 29.0. The van der Waals surface area contributed by atoms with Crippen molar-refractivity contribution in [3.05, 3.63) is 88.5 Å². The number of aliphatic hydroxyl groups is 4. The van der Waals surface area contributed by atoms with Crippen molar-refractivity contribution in [3.63, 3.8) is 0 Å². The molecule has 4 rings (SSSR count). The number of hydrogen-bond donors (Lipinski definition) is 4. The molecular weight excluding hydrogens is 675 g/mol. The average molecular weight is 716 g/mol. The van der Waals surface area contributed by atoms with Crippen LogP contribution in [0, 0.1) is 0 Å². The van der Waals surface area contributed by atoms with Gasteiger partial charge in [0.2, 0.25) is 6.41 Å². The molecule has 1 saturated heterocycles. The summed E-state index contributed by atoms with van der Waals surface area (Å²) < 4.78 is 21.2. The fourth-order valence-electron chi connectivity index (χ4n) is 4.99. The molecule has 0 unspecified atom stereocenters. The van der Waals surface area contributed by atoms with E-state index in [1.54, 1.807) is 21.0 Å². The Bertz CT molecular complexity index is 1600. The van der Waals surface area contributed by atoms with Crippen LogP contribution < -0.4 is 4.74 Å². The third-order valence-corrected chi connectivity index (χ3v) is 10.7. The molecule has 12 nitrogen and oxygen atoms in total. The van der Waals surface area contributed by atoms with Crippen LogP contribution >= 0.6 is 21.6 Å². The van der Waals surface area contributed by atoms with Gasteiger partial charge in [0.05, 0.1) is 19.6 Å². The summed E-state index contributed by atoms with van der Waals surface area (Å²) in [6, 6.07) is 21.3. The topological polar surface area (TPSA) is 172 Å². The summed E-state index contributed by atoms with van der Waals surface area (Å²) in [5.74, 6) is -0.371. The van der Waals surface area contributed by atoms with Crippen LogP contribution in [-0.2, 0) is 34.3 Å². The molecule has 0 radical (unpaired) electrons. The van der Waals surface area contributed by atoms with Gasteiger partial charge in [0.1, 0.15) is 43.3 Å². The van der Waals surface area contributed by atoms with Gasteiger partial charge >= 0.3 is 11.9 Å². The van der Waals surface area contributed by atoms with Gasteiger partial charge in [0, 0.05) is 22.8 Å². The quantitative estimate of drug-likeness (QED) is 0.0966. The Morgan fingerprint density at radius 3 is 2.39 bits per heavy atom. The van der Waals surface area contributed by atoms with Crippen molar-refractivity contribution in [2.45, 2.75) is 62.6 Å². The molecule has 3 aromatic carbocycles. The van der Waals surface area contributed by atoms with Crippen LogP contribution in [0.15, 0.2) is 77.3 Å². The van der Waals surface area contributed by atoms with Crippen molar-refractivity contribution < 1.29 is 53.8 Å². The van der Waals surface area contributed by atoms with Crippen LogP contribution in [0.1, 0.15) is 37.3 Å². The van der Waals surface area contributed by atoms with Gasteiger partial charge in [-0.2, -0.15) is 0 Å². The Balaban J connectivity index is 1.39. The number of methoxy groups -OCH3 is 1. The second kappa shape index (κ2) is 18.4. The van der Waals surface area contributed by atoms with Crippen LogP contribution in [0.4, 0.5) is 0 Å². The van der Waals surface area contributed by atoms with Crippen LogP contribution in [0.5, 0.6) is 5.75 Å². The third-order valence-electron chi connectivity index (χ3n) is 8.08. The summed E-state index contributed by atoms with van der Waals surface area (Å²) in [7, 11) is 4.53. The molecule has 0 spiro atoms. The highest BCUT2D eigenvalue weighted by atomic mass is 33.1. The van der Waals surface area contributed by atoms with Crippen molar-refractivity contribution >= 4 is 50.7 Å². The molecular formula is C35H41NO11S2. The summed E-state index contributed by atoms with van der Waals surface area (Å²) >= 11 is 0. The first-order valence-corrected chi connectivity index (χ1v) is 17.9. The Kier molecular flexibility index (Phi) is 14.3. The molecule has 0 bridgehead atoms. The minimum Gasteiger partial charge on any atom is -0.497 e. The molecule has 0 aromatic heterocycles. The number of esters is 2. The van der Waals surface area contributed by atoms with Gasteiger partial charge in [-0.25, -0.2) is 0 Å². The lowest BCUT2D eigenvalue weighted by Crippen LogP contribution is -2.58. The summed E-state index contributed by atoms with van der Waals surface area (Å²) in [4.78, 5) is 39.8. The van der Waals surface area contributed by atoms with Gasteiger partial charge in [-0.1, -0.05) is 76.2 Å². The summed E-state index contributed by atoms with van der Waals surface area (Å²) in [6.07, 6.45) is -7.36. The minimum absolute atomic E-state index is 0.0318. The summed E-state index contributed by atoms with van der Waals surface area (Å²) in [5.41, 5.74) is 2.35. The van der Waals surface area contributed by atoms with Crippen LogP contribution in [0.25, 0.3) is 10.8 Å². The SMILES string of the molecule is COc1ccc2cc([C@H](C)C(=O)OCC/C(SSCc3ccccc3)=C(\C)N(C=O)CC(=O)OC[C@H]3O[C@H](O)[C@H](O)[C@@H](O)[C@@H]3O)ccc2c1. The number of fused-ring (bicyclic) bond motifs is 1. The summed E-state index contributed by atoms with van der Waals surface area (Å²) in [5, 5.41) is 41.3. The second-order valence-electron chi connectivity index (χ2n) is 11.4. The highest BCUT2D eigenvalue weighted by molar-refractivity contribution is 8.77. The minimum atomic E-state index is -1.78. The standard InChI is InChI=1S/C35H41NO11S2/c1-21(24-9-10-26-16-27(44-3)12-11-25(26)15-24)34(42)45-14-13-29(49-48-19-23-7-5-4-6-8-23)22(2)36(20-37)17-30(38)46-18-28-31(39)32(40)33(41)35(43)47-28/h4-12,15-16,20-21,28,31-33,35,39-41,43H,13-14,17-19H2,1-3H3/b29-22-/t21-,28+,31+,32-,33+,35-/m0/s1. The monoisotopic (exact) mass is 715 g/mol. The Morgan fingerprint density at radius 2 is 1.67 bits per heavy atom. The largest absolute Gasteiger partial charge is 0.497 e. The lowest BCUT2D eigenvalue weighted by atomic mass is 9.98. The van der Waals surface area contributed by atoms with Crippen LogP contribution in [-0.4, -0.2) is 101 Å². The molecule has 14 heteroatoms. The van der Waals surface area contributed by atoms with Crippen molar-refractivity contribution in [2.75, 3.05) is 26.9 Å². The Hall–Kier alpha value is -3.63. The maximum absolute atomic E-state index is 13.1. The predicted octanol–water partition coefficient (Wildman–Crippen LogP) is 3.50. The maximum Gasteiger partial charge on any atom is 0.326 e. The predicted molar refractivity (Wildman–Crippen MR) is 185 cm³/mol. The molecule has 6 atom stereocenters. The smallest absolute Gasteiger partial charge is 0.326 e. The first-order chi connectivity index (χ1) is 23.5. The molecule has 3 aromatic rings. The fourth-order valence-corrected chi connectivity index (χ4v) is 7.55. The average Bonchev–Trinajstić information content (AvgIpc) is 3.12. The van der Waals surface area contributed by atoms with Gasteiger partial charge in [0.15, 0.2) is 6.29 Å². The van der Waals surface area contributed by atoms with Gasteiger partial charge in [-0.05, 0) is 47.9 Å². The molecule has 0 saturated carbocycles. The van der Waals surface area contributed by atoms with Crippen LogP contribution in [0.3, 0.4) is 0 Å². The normalized spacial score (nSPS) is 21.7. The molecule has 49 heavy (non-hydrogen) atoms. The number of hydrogen-bond acceptors (Lipinski definition) is 13. The van der Waals surface area contributed by atoms with Crippen molar-refractivity contribution in [1.29, 1.82) is 0 Å². The molecule has 1 amide bonds. The number of carbonyl (C=O) groups is 3. The van der Waals surface area contributed by atoms with Gasteiger partial charge in [-0.3, -0.25) is 14.4 Å². The Labute approximate surface area is 292 Å². The summed E-state index contributed by atoms with van der Waals surface area (Å²) in [6.45, 7) is 2.46. The van der Waals surface area contributed by atoms with Gasteiger partial charge < -0.3 is 44.3 Å². The molecule has 0 aliphatic carbocycles. The fraction of sp³-hybridized carbons (Fsp3) is 0.400.